The Morgan fingerprint density at radius 1 is 0.929 bits per heavy atom. The molecule has 0 aromatic heterocycles. The van der Waals surface area contributed by atoms with Crippen LogP contribution in [0.15, 0.2) is 71.6 Å². The van der Waals surface area contributed by atoms with E-state index in [9.17, 15) is 12.8 Å². The Balaban J connectivity index is 2.15. The van der Waals surface area contributed by atoms with Crippen molar-refractivity contribution in [1.29, 1.82) is 0 Å². The number of hydrogen-bond donors (Lipinski definition) is 0. The molecule has 0 radical (unpaired) electrons. The number of rotatable bonds is 6. The topological polar surface area (TPSA) is 46.6 Å². The zero-order chi connectivity index (χ0) is 20.3. The SMILES string of the molecule is COc1cccc(N(Cc2ccccc2C)S(=O)(=O)c2ccc(F)cc2C)c1. The normalized spacial score (nSPS) is 11.3. The molecule has 3 aromatic rings. The lowest BCUT2D eigenvalue weighted by molar-refractivity contribution is 0.415. The molecular weight excluding hydrogens is 377 g/mol. The first kappa shape index (κ1) is 19.9. The van der Waals surface area contributed by atoms with Crippen LogP contribution in [-0.2, 0) is 16.6 Å². The smallest absolute Gasteiger partial charge is 0.264 e. The molecular formula is C22H22FNO3S. The number of ether oxygens (including phenoxy) is 1. The fraction of sp³-hybridized carbons (Fsp3) is 0.182. The van der Waals surface area contributed by atoms with Crippen LogP contribution >= 0.6 is 0 Å². The summed E-state index contributed by atoms with van der Waals surface area (Å²) in [4.78, 5) is 0.0744. The lowest BCUT2D eigenvalue weighted by Gasteiger charge is -2.26. The number of halogens is 1. The first-order chi connectivity index (χ1) is 13.3. The van der Waals surface area contributed by atoms with Gasteiger partial charge in [-0.3, -0.25) is 4.31 Å². The van der Waals surface area contributed by atoms with Gasteiger partial charge >= 0.3 is 0 Å². The summed E-state index contributed by atoms with van der Waals surface area (Å²) < 4.78 is 47.2. The third-order valence-electron chi connectivity index (χ3n) is 4.62. The van der Waals surface area contributed by atoms with Crippen molar-refractivity contribution >= 4 is 15.7 Å². The van der Waals surface area contributed by atoms with Crippen LogP contribution in [0, 0.1) is 19.7 Å². The highest BCUT2D eigenvalue weighted by Gasteiger charge is 2.27. The van der Waals surface area contributed by atoms with Crippen LogP contribution in [0.3, 0.4) is 0 Å². The van der Waals surface area contributed by atoms with Gasteiger partial charge in [0.2, 0.25) is 0 Å². The summed E-state index contributed by atoms with van der Waals surface area (Å²) in [6.45, 7) is 3.68. The minimum absolute atomic E-state index is 0.0744. The summed E-state index contributed by atoms with van der Waals surface area (Å²) in [5, 5.41) is 0. The van der Waals surface area contributed by atoms with E-state index in [-0.39, 0.29) is 11.4 Å². The van der Waals surface area contributed by atoms with Crippen molar-refractivity contribution in [2.75, 3.05) is 11.4 Å². The average Bonchev–Trinajstić information content (AvgIpc) is 2.67. The van der Waals surface area contributed by atoms with Crippen molar-refractivity contribution in [2.24, 2.45) is 0 Å². The van der Waals surface area contributed by atoms with Crippen LogP contribution in [0.5, 0.6) is 5.75 Å². The molecule has 4 nitrogen and oxygen atoms in total. The average molecular weight is 399 g/mol. The molecule has 0 aliphatic heterocycles. The summed E-state index contributed by atoms with van der Waals surface area (Å²) in [5.41, 5.74) is 2.71. The molecule has 6 heteroatoms. The minimum atomic E-state index is -3.93. The van der Waals surface area contributed by atoms with Gasteiger partial charge in [0.1, 0.15) is 11.6 Å². The predicted molar refractivity (Wildman–Crippen MR) is 109 cm³/mol. The second-order valence-electron chi connectivity index (χ2n) is 6.55. The highest BCUT2D eigenvalue weighted by atomic mass is 32.2. The van der Waals surface area contributed by atoms with Crippen LogP contribution in [0.1, 0.15) is 16.7 Å². The van der Waals surface area contributed by atoms with Crippen LogP contribution in [0.25, 0.3) is 0 Å². The maximum Gasteiger partial charge on any atom is 0.264 e. The zero-order valence-corrected chi connectivity index (χ0v) is 16.8. The number of nitrogens with zero attached hydrogens (tertiary/aromatic N) is 1. The molecule has 3 rings (SSSR count). The van der Waals surface area contributed by atoms with Gasteiger partial charge in [-0.15, -0.1) is 0 Å². The van der Waals surface area contributed by atoms with E-state index in [1.54, 1.807) is 31.2 Å². The monoisotopic (exact) mass is 399 g/mol. The third kappa shape index (κ3) is 4.02. The van der Waals surface area contributed by atoms with E-state index < -0.39 is 15.8 Å². The highest BCUT2D eigenvalue weighted by Crippen LogP contribution is 2.30. The molecule has 0 aliphatic carbocycles. The number of methoxy groups -OCH3 is 1. The molecule has 0 saturated heterocycles. The molecule has 0 spiro atoms. The van der Waals surface area contributed by atoms with Gasteiger partial charge < -0.3 is 4.74 Å². The first-order valence-electron chi connectivity index (χ1n) is 8.80. The van der Waals surface area contributed by atoms with Crippen LogP contribution in [0.2, 0.25) is 0 Å². The first-order valence-corrected chi connectivity index (χ1v) is 10.2. The number of aryl methyl sites for hydroxylation is 2. The van der Waals surface area contributed by atoms with E-state index in [2.05, 4.69) is 0 Å². The van der Waals surface area contributed by atoms with Gasteiger partial charge in [-0.2, -0.15) is 0 Å². The zero-order valence-electron chi connectivity index (χ0n) is 16.0. The number of benzene rings is 3. The van der Waals surface area contributed by atoms with E-state index in [1.807, 2.05) is 31.2 Å². The molecule has 28 heavy (non-hydrogen) atoms. The standard InChI is InChI=1S/C22H22FNO3S/c1-16-7-4-5-8-18(16)15-24(20-9-6-10-21(14-20)27-3)28(25,26)22-12-11-19(23)13-17(22)2/h4-14H,15H2,1-3H3. The Morgan fingerprint density at radius 2 is 1.68 bits per heavy atom. The third-order valence-corrected chi connectivity index (χ3v) is 6.56. The summed E-state index contributed by atoms with van der Waals surface area (Å²) in [6.07, 6.45) is 0. The van der Waals surface area contributed by atoms with Gasteiger partial charge in [0, 0.05) is 6.07 Å². The maximum atomic E-state index is 13.5. The molecule has 0 fully saturated rings. The quantitative estimate of drug-likeness (QED) is 0.595. The summed E-state index contributed by atoms with van der Waals surface area (Å²) in [6, 6.07) is 18.2. The Labute approximate surface area is 165 Å². The Bertz CT molecular complexity index is 1100. The number of anilines is 1. The number of sulfonamides is 1. The van der Waals surface area contributed by atoms with Gasteiger partial charge in [-0.05, 0) is 60.9 Å². The van der Waals surface area contributed by atoms with Gasteiger partial charge in [0.15, 0.2) is 0 Å². The molecule has 0 N–H and O–H groups in total. The van der Waals surface area contributed by atoms with Gasteiger partial charge in [-0.25, -0.2) is 12.8 Å². The van der Waals surface area contributed by atoms with Crippen molar-refractivity contribution in [2.45, 2.75) is 25.3 Å². The predicted octanol–water partition coefficient (Wildman–Crippen LogP) is 4.85. The van der Waals surface area contributed by atoms with Gasteiger partial charge in [-0.1, -0.05) is 30.3 Å². The van der Waals surface area contributed by atoms with Crippen molar-refractivity contribution in [3.63, 3.8) is 0 Å². The van der Waals surface area contributed by atoms with Crippen molar-refractivity contribution in [1.82, 2.24) is 0 Å². The molecule has 146 valence electrons. The van der Waals surface area contributed by atoms with Crippen molar-refractivity contribution in [3.05, 3.63) is 89.2 Å². The molecule has 3 aromatic carbocycles. The van der Waals surface area contributed by atoms with Crippen molar-refractivity contribution in [3.8, 4) is 5.75 Å². The summed E-state index contributed by atoms with van der Waals surface area (Å²) >= 11 is 0. The maximum absolute atomic E-state index is 13.5. The molecule has 0 atom stereocenters. The second kappa shape index (κ2) is 8.02. The largest absolute Gasteiger partial charge is 0.497 e. The van der Waals surface area contributed by atoms with E-state index in [4.69, 9.17) is 4.74 Å². The van der Waals surface area contributed by atoms with E-state index in [0.717, 1.165) is 17.2 Å². The minimum Gasteiger partial charge on any atom is -0.497 e. The van der Waals surface area contributed by atoms with Gasteiger partial charge in [0.25, 0.3) is 10.0 Å². The fourth-order valence-corrected chi connectivity index (χ4v) is 4.69. The van der Waals surface area contributed by atoms with E-state index in [1.165, 1.54) is 23.5 Å². The van der Waals surface area contributed by atoms with Crippen LogP contribution in [-0.4, -0.2) is 15.5 Å². The lowest BCUT2D eigenvalue weighted by atomic mass is 10.1. The van der Waals surface area contributed by atoms with Crippen molar-refractivity contribution < 1.29 is 17.5 Å². The molecule has 0 saturated carbocycles. The molecule has 0 bridgehead atoms. The van der Waals surface area contributed by atoms with Crippen LogP contribution in [0.4, 0.5) is 10.1 Å². The molecule has 0 heterocycles. The fourth-order valence-electron chi connectivity index (χ4n) is 3.04. The molecule has 0 aliphatic rings. The van der Waals surface area contributed by atoms with Gasteiger partial charge in [0.05, 0.1) is 24.2 Å². The lowest BCUT2D eigenvalue weighted by Crippen LogP contribution is -2.31. The Hall–Kier alpha value is -2.86. The van der Waals surface area contributed by atoms with E-state index >= 15 is 0 Å². The molecule has 0 unspecified atom stereocenters. The summed E-state index contributed by atoms with van der Waals surface area (Å²) in [5.74, 6) is 0.0848. The van der Waals surface area contributed by atoms with E-state index in [0.29, 0.717) is 17.0 Å². The summed E-state index contributed by atoms with van der Waals surface area (Å²) in [7, 11) is -2.40. The second-order valence-corrected chi connectivity index (χ2v) is 8.38. The number of hydrogen-bond acceptors (Lipinski definition) is 3. The Kier molecular flexibility index (Phi) is 5.70. The molecule has 0 amide bonds. The Morgan fingerprint density at radius 3 is 2.36 bits per heavy atom. The van der Waals surface area contributed by atoms with Crippen LogP contribution < -0.4 is 9.04 Å². The highest BCUT2D eigenvalue weighted by molar-refractivity contribution is 7.92.